The SMILES string of the molecule is CCc1cnc(-c2ccccc2C#N)nc1. The predicted molar refractivity (Wildman–Crippen MR) is 61.6 cm³/mol. The minimum absolute atomic E-state index is 0.603. The highest BCUT2D eigenvalue weighted by Gasteiger charge is 2.05. The van der Waals surface area contributed by atoms with E-state index < -0.39 is 0 Å². The fourth-order valence-corrected chi connectivity index (χ4v) is 1.45. The van der Waals surface area contributed by atoms with Crippen molar-refractivity contribution in [1.29, 1.82) is 5.26 Å². The van der Waals surface area contributed by atoms with Crippen LogP contribution in [0.15, 0.2) is 36.7 Å². The van der Waals surface area contributed by atoms with Gasteiger partial charge in [0.15, 0.2) is 5.82 Å². The van der Waals surface area contributed by atoms with Crippen LogP contribution in [0, 0.1) is 11.3 Å². The van der Waals surface area contributed by atoms with Crippen LogP contribution in [0.1, 0.15) is 18.1 Å². The van der Waals surface area contributed by atoms with E-state index in [4.69, 9.17) is 5.26 Å². The number of hydrogen-bond acceptors (Lipinski definition) is 3. The van der Waals surface area contributed by atoms with E-state index >= 15 is 0 Å². The molecule has 0 atom stereocenters. The molecule has 3 heteroatoms. The summed E-state index contributed by atoms with van der Waals surface area (Å²) in [5.74, 6) is 0.606. The molecule has 0 fully saturated rings. The average Bonchev–Trinajstić information content (AvgIpc) is 2.39. The maximum Gasteiger partial charge on any atom is 0.160 e. The van der Waals surface area contributed by atoms with E-state index in [0.717, 1.165) is 17.5 Å². The fourth-order valence-electron chi connectivity index (χ4n) is 1.45. The summed E-state index contributed by atoms with van der Waals surface area (Å²) in [6, 6.07) is 9.49. The van der Waals surface area contributed by atoms with Crippen molar-refractivity contribution in [2.75, 3.05) is 0 Å². The molecule has 0 aliphatic carbocycles. The summed E-state index contributed by atoms with van der Waals surface area (Å²) >= 11 is 0. The van der Waals surface area contributed by atoms with E-state index in [0.29, 0.717) is 11.4 Å². The van der Waals surface area contributed by atoms with Gasteiger partial charge in [-0.25, -0.2) is 9.97 Å². The predicted octanol–water partition coefficient (Wildman–Crippen LogP) is 2.58. The van der Waals surface area contributed by atoms with Gasteiger partial charge < -0.3 is 0 Å². The number of nitrogens with zero attached hydrogens (tertiary/aromatic N) is 3. The molecule has 0 saturated carbocycles. The molecule has 0 amide bonds. The number of aryl methyl sites for hydroxylation is 1. The van der Waals surface area contributed by atoms with Crippen LogP contribution in [-0.4, -0.2) is 9.97 Å². The average molecular weight is 209 g/mol. The number of rotatable bonds is 2. The first-order valence-corrected chi connectivity index (χ1v) is 5.15. The molecule has 2 aromatic rings. The van der Waals surface area contributed by atoms with Gasteiger partial charge >= 0.3 is 0 Å². The first-order valence-electron chi connectivity index (χ1n) is 5.15. The van der Waals surface area contributed by atoms with Gasteiger partial charge in [-0.05, 0) is 24.1 Å². The zero-order valence-corrected chi connectivity index (χ0v) is 9.01. The lowest BCUT2D eigenvalue weighted by atomic mass is 10.1. The quantitative estimate of drug-likeness (QED) is 0.763. The fraction of sp³-hybridized carbons (Fsp3) is 0.154. The van der Waals surface area contributed by atoms with Gasteiger partial charge in [0.1, 0.15) is 0 Å². The molecule has 16 heavy (non-hydrogen) atoms. The zero-order chi connectivity index (χ0) is 11.4. The minimum Gasteiger partial charge on any atom is -0.236 e. The Morgan fingerprint density at radius 1 is 1.19 bits per heavy atom. The van der Waals surface area contributed by atoms with Gasteiger partial charge in [0.2, 0.25) is 0 Å². The lowest BCUT2D eigenvalue weighted by molar-refractivity contribution is 1.05. The van der Waals surface area contributed by atoms with Gasteiger partial charge in [-0.1, -0.05) is 19.1 Å². The van der Waals surface area contributed by atoms with E-state index in [-0.39, 0.29) is 0 Å². The summed E-state index contributed by atoms with van der Waals surface area (Å²) in [5.41, 5.74) is 2.48. The molecule has 0 aliphatic rings. The summed E-state index contributed by atoms with van der Waals surface area (Å²) in [5, 5.41) is 8.97. The van der Waals surface area contributed by atoms with E-state index in [1.807, 2.05) is 18.2 Å². The Bertz CT molecular complexity index is 524. The van der Waals surface area contributed by atoms with Gasteiger partial charge in [0.05, 0.1) is 11.6 Å². The van der Waals surface area contributed by atoms with Crippen LogP contribution in [0.5, 0.6) is 0 Å². The maximum atomic E-state index is 8.97. The van der Waals surface area contributed by atoms with Gasteiger partial charge in [-0.15, -0.1) is 0 Å². The zero-order valence-electron chi connectivity index (χ0n) is 9.01. The first kappa shape index (κ1) is 10.3. The molecule has 0 aliphatic heterocycles. The Kier molecular flexibility index (Phi) is 2.93. The first-order chi connectivity index (χ1) is 7.85. The van der Waals surface area contributed by atoms with Crippen molar-refractivity contribution in [2.24, 2.45) is 0 Å². The second kappa shape index (κ2) is 4.54. The Balaban J connectivity index is 2.47. The van der Waals surface area contributed by atoms with E-state index in [1.165, 1.54) is 0 Å². The van der Waals surface area contributed by atoms with Crippen LogP contribution in [0.4, 0.5) is 0 Å². The van der Waals surface area contributed by atoms with Gasteiger partial charge in [0, 0.05) is 18.0 Å². The van der Waals surface area contributed by atoms with Crippen LogP contribution < -0.4 is 0 Å². The smallest absolute Gasteiger partial charge is 0.160 e. The maximum absolute atomic E-state index is 8.97. The molecule has 0 radical (unpaired) electrons. The summed E-state index contributed by atoms with van der Waals surface area (Å²) in [4.78, 5) is 8.53. The number of benzene rings is 1. The normalized spacial score (nSPS) is 9.75. The van der Waals surface area contributed by atoms with Crippen LogP contribution in [-0.2, 0) is 6.42 Å². The number of aromatic nitrogens is 2. The van der Waals surface area contributed by atoms with Gasteiger partial charge in [-0.2, -0.15) is 5.26 Å². The van der Waals surface area contributed by atoms with E-state index in [1.54, 1.807) is 18.5 Å². The van der Waals surface area contributed by atoms with Crippen molar-refractivity contribution in [3.63, 3.8) is 0 Å². The third-order valence-electron chi connectivity index (χ3n) is 2.40. The lowest BCUT2D eigenvalue weighted by Crippen LogP contribution is -1.93. The molecule has 2 rings (SSSR count). The molecule has 3 nitrogen and oxygen atoms in total. The minimum atomic E-state index is 0.603. The highest BCUT2D eigenvalue weighted by Crippen LogP contribution is 2.18. The molecule has 1 heterocycles. The van der Waals surface area contributed by atoms with Gasteiger partial charge in [-0.3, -0.25) is 0 Å². The number of hydrogen-bond donors (Lipinski definition) is 0. The summed E-state index contributed by atoms with van der Waals surface area (Å²) in [6.45, 7) is 2.06. The third-order valence-corrected chi connectivity index (χ3v) is 2.40. The Morgan fingerprint density at radius 3 is 2.50 bits per heavy atom. The lowest BCUT2D eigenvalue weighted by Gasteiger charge is -2.02. The Labute approximate surface area is 94.4 Å². The Morgan fingerprint density at radius 2 is 1.88 bits per heavy atom. The second-order valence-corrected chi connectivity index (χ2v) is 3.43. The van der Waals surface area contributed by atoms with Gasteiger partial charge in [0.25, 0.3) is 0 Å². The highest BCUT2D eigenvalue weighted by atomic mass is 14.9. The molecule has 1 aromatic carbocycles. The van der Waals surface area contributed by atoms with Crippen LogP contribution in [0.25, 0.3) is 11.4 Å². The highest BCUT2D eigenvalue weighted by molar-refractivity contribution is 5.63. The van der Waals surface area contributed by atoms with E-state index in [9.17, 15) is 0 Å². The molecule has 0 spiro atoms. The largest absolute Gasteiger partial charge is 0.236 e. The van der Waals surface area contributed by atoms with Crippen molar-refractivity contribution in [2.45, 2.75) is 13.3 Å². The molecule has 78 valence electrons. The molecule has 0 saturated heterocycles. The van der Waals surface area contributed by atoms with Crippen LogP contribution in [0.3, 0.4) is 0 Å². The topological polar surface area (TPSA) is 49.6 Å². The van der Waals surface area contributed by atoms with Crippen molar-refractivity contribution in [3.05, 3.63) is 47.8 Å². The molecular weight excluding hydrogens is 198 g/mol. The molecular formula is C13H11N3. The van der Waals surface area contributed by atoms with Crippen molar-refractivity contribution < 1.29 is 0 Å². The van der Waals surface area contributed by atoms with Crippen molar-refractivity contribution >= 4 is 0 Å². The van der Waals surface area contributed by atoms with Crippen molar-refractivity contribution in [3.8, 4) is 17.5 Å². The molecule has 0 unspecified atom stereocenters. The summed E-state index contributed by atoms with van der Waals surface area (Å²) < 4.78 is 0. The molecule has 1 aromatic heterocycles. The molecule has 0 N–H and O–H groups in total. The summed E-state index contributed by atoms with van der Waals surface area (Å²) in [6.07, 6.45) is 4.52. The second-order valence-electron chi connectivity index (χ2n) is 3.43. The standard InChI is InChI=1S/C13H11N3/c1-2-10-8-15-13(16-9-10)12-6-4-3-5-11(12)7-14/h3-6,8-9H,2H2,1H3. The monoisotopic (exact) mass is 209 g/mol. The Hall–Kier alpha value is -2.21. The number of nitriles is 1. The van der Waals surface area contributed by atoms with Crippen LogP contribution in [0.2, 0.25) is 0 Å². The third kappa shape index (κ3) is 1.91. The van der Waals surface area contributed by atoms with Crippen LogP contribution >= 0.6 is 0 Å². The van der Waals surface area contributed by atoms with E-state index in [2.05, 4.69) is 23.0 Å². The summed E-state index contributed by atoms with van der Waals surface area (Å²) in [7, 11) is 0. The molecule has 0 bridgehead atoms. The van der Waals surface area contributed by atoms with Crippen molar-refractivity contribution in [1.82, 2.24) is 9.97 Å².